The molecule has 0 fully saturated rings. The Kier molecular flexibility index (Phi) is 9.94. The highest BCUT2D eigenvalue weighted by atomic mass is 16.7. The first-order valence-corrected chi connectivity index (χ1v) is 4.82. The monoisotopic (exact) mass is 234 g/mol. The highest BCUT2D eigenvalue weighted by Crippen LogP contribution is 1.97. The Labute approximate surface area is 94.7 Å². The summed E-state index contributed by atoms with van der Waals surface area (Å²) in [5.74, 6) is -0.528. The second-order valence-electron chi connectivity index (χ2n) is 2.89. The van der Waals surface area contributed by atoms with Crippen molar-refractivity contribution >= 4 is 5.97 Å². The standard InChI is InChI=1S/C10H18O6/c1-9(6-14-8-15-7-13-2)10(12)16-5-3-4-11/h11H,1,3-8H2,2H3. The summed E-state index contributed by atoms with van der Waals surface area (Å²) in [6, 6.07) is 0. The number of methoxy groups -OCH3 is 1. The van der Waals surface area contributed by atoms with Crippen molar-refractivity contribution in [2.75, 3.05) is 40.5 Å². The number of aliphatic hydroxyl groups excluding tert-OH is 1. The van der Waals surface area contributed by atoms with E-state index in [1.165, 1.54) is 7.11 Å². The summed E-state index contributed by atoms with van der Waals surface area (Å²) in [6.45, 7) is 3.86. The maximum Gasteiger partial charge on any atom is 0.335 e. The quantitative estimate of drug-likeness (QED) is 0.249. The number of esters is 1. The lowest BCUT2D eigenvalue weighted by atomic mass is 10.3. The summed E-state index contributed by atoms with van der Waals surface area (Å²) >= 11 is 0. The van der Waals surface area contributed by atoms with Crippen molar-refractivity contribution in [3.05, 3.63) is 12.2 Å². The van der Waals surface area contributed by atoms with Crippen LogP contribution in [0, 0.1) is 0 Å². The molecule has 0 aromatic rings. The van der Waals surface area contributed by atoms with E-state index in [4.69, 9.17) is 19.3 Å². The van der Waals surface area contributed by atoms with Crippen molar-refractivity contribution < 1.29 is 28.8 Å². The summed E-state index contributed by atoms with van der Waals surface area (Å²) in [6.07, 6.45) is 0.414. The maximum absolute atomic E-state index is 11.2. The minimum absolute atomic E-state index is 0.0128. The SMILES string of the molecule is C=C(COCOCOC)C(=O)OCCCO. The minimum Gasteiger partial charge on any atom is -0.462 e. The second-order valence-corrected chi connectivity index (χ2v) is 2.89. The molecule has 0 atom stereocenters. The highest BCUT2D eigenvalue weighted by molar-refractivity contribution is 5.87. The van der Waals surface area contributed by atoms with E-state index in [0.29, 0.717) is 6.42 Å². The summed E-state index contributed by atoms with van der Waals surface area (Å²) in [7, 11) is 1.50. The molecular weight excluding hydrogens is 216 g/mol. The van der Waals surface area contributed by atoms with Crippen molar-refractivity contribution in [2.24, 2.45) is 0 Å². The molecule has 0 saturated heterocycles. The van der Waals surface area contributed by atoms with Gasteiger partial charge in [0.05, 0.1) is 18.8 Å². The minimum atomic E-state index is -0.528. The van der Waals surface area contributed by atoms with E-state index in [1.807, 2.05) is 0 Å². The van der Waals surface area contributed by atoms with E-state index < -0.39 is 5.97 Å². The maximum atomic E-state index is 11.2. The van der Waals surface area contributed by atoms with Crippen LogP contribution in [-0.4, -0.2) is 51.6 Å². The van der Waals surface area contributed by atoms with Crippen molar-refractivity contribution in [2.45, 2.75) is 6.42 Å². The Balaban J connectivity index is 3.44. The number of hydrogen-bond acceptors (Lipinski definition) is 6. The summed E-state index contributed by atoms with van der Waals surface area (Å²) in [4.78, 5) is 11.2. The van der Waals surface area contributed by atoms with Gasteiger partial charge < -0.3 is 24.1 Å². The third kappa shape index (κ3) is 8.37. The molecule has 6 nitrogen and oxygen atoms in total. The third-order valence-corrected chi connectivity index (χ3v) is 1.47. The van der Waals surface area contributed by atoms with Crippen LogP contribution < -0.4 is 0 Å². The molecule has 1 N–H and O–H groups in total. The fourth-order valence-electron chi connectivity index (χ4n) is 0.732. The Hall–Kier alpha value is -0.950. The van der Waals surface area contributed by atoms with Crippen molar-refractivity contribution in [3.63, 3.8) is 0 Å². The topological polar surface area (TPSA) is 74.2 Å². The van der Waals surface area contributed by atoms with Gasteiger partial charge in [-0.2, -0.15) is 0 Å². The predicted molar refractivity (Wildman–Crippen MR) is 55.6 cm³/mol. The van der Waals surface area contributed by atoms with Crippen LogP contribution >= 0.6 is 0 Å². The Bertz CT molecular complexity index is 203. The first-order chi connectivity index (χ1) is 7.72. The molecule has 0 rings (SSSR count). The normalized spacial score (nSPS) is 10.1. The molecule has 0 radical (unpaired) electrons. The number of aliphatic hydroxyl groups is 1. The lowest BCUT2D eigenvalue weighted by Gasteiger charge is -2.07. The van der Waals surface area contributed by atoms with Crippen molar-refractivity contribution in [3.8, 4) is 0 Å². The summed E-state index contributed by atoms with van der Waals surface area (Å²) in [5.41, 5.74) is 0.207. The van der Waals surface area contributed by atoms with E-state index in [1.54, 1.807) is 0 Å². The van der Waals surface area contributed by atoms with E-state index in [0.717, 1.165) is 0 Å². The Morgan fingerprint density at radius 2 is 2.06 bits per heavy atom. The fraction of sp³-hybridized carbons (Fsp3) is 0.700. The number of rotatable bonds is 10. The van der Waals surface area contributed by atoms with Gasteiger partial charge in [-0.3, -0.25) is 0 Å². The zero-order valence-corrected chi connectivity index (χ0v) is 9.44. The summed E-state index contributed by atoms with van der Waals surface area (Å²) < 4.78 is 19.2. The van der Waals surface area contributed by atoms with E-state index >= 15 is 0 Å². The molecule has 16 heavy (non-hydrogen) atoms. The lowest BCUT2D eigenvalue weighted by molar-refractivity contribution is -0.142. The van der Waals surface area contributed by atoms with Gasteiger partial charge in [-0.25, -0.2) is 4.79 Å². The molecule has 0 spiro atoms. The van der Waals surface area contributed by atoms with Crippen LogP contribution in [0.15, 0.2) is 12.2 Å². The second kappa shape index (κ2) is 10.6. The number of hydrogen-bond donors (Lipinski definition) is 1. The van der Waals surface area contributed by atoms with Gasteiger partial charge in [0.1, 0.15) is 13.6 Å². The van der Waals surface area contributed by atoms with Gasteiger partial charge in [-0.15, -0.1) is 0 Å². The lowest BCUT2D eigenvalue weighted by Crippen LogP contribution is -2.14. The van der Waals surface area contributed by atoms with Crippen LogP contribution in [0.5, 0.6) is 0 Å². The fourth-order valence-corrected chi connectivity index (χ4v) is 0.732. The van der Waals surface area contributed by atoms with Gasteiger partial charge in [0.15, 0.2) is 0 Å². The molecule has 6 heteroatoms. The Morgan fingerprint density at radius 3 is 2.69 bits per heavy atom. The van der Waals surface area contributed by atoms with E-state index in [2.05, 4.69) is 11.3 Å². The molecule has 94 valence electrons. The van der Waals surface area contributed by atoms with Gasteiger partial charge in [0.2, 0.25) is 0 Å². The van der Waals surface area contributed by atoms with Crippen LogP contribution in [0.25, 0.3) is 0 Å². The molecule has 0 unspecified atom stereocenters. The molecule has 0 aromatic heterocycles. The van der Waals surface area contributed by atoms with Gasteiger partial charge in [-0.1, -0.05) is 6.58 Å². The molecule has 0 saturated carbocycles. The largest absolute Gasteiger partial charge is 0.462 e. The molecule has 0 amide bonds. The average molecular weight is 234 g/mol. The average Bonchev–Trinajstić information content (AvgIpc) is 2.28. The molecule has 0 aliphatic heterocycles. The van der Waals surface area contributed by atoms with Gasteiger partial charge >= 0.3 is 5.97 Å². The smallest absolute Gasteiger partial charge is 0.335 e. The van der Waals surface area contributed by atoms with Crippen LogP contribution in [0.1, 0.15) is 6.42 Å². The predicted octanol–water partition coefficient (Wildman–Crippen LogP) is 0.0628. The first kappa shape index (κ1) is 15.0. The van der Waals surface area contributed by atoms with E-state index in [-0.39, 0.29) is 39.0 Å². The summed E-state index contributed by atoms with van der Waals surface area (Å²) in [5, 5.41) is 8.47. The van der Waals surface area contributed by atoms with Crippen LogP contribution in [0.4, 0.5) is 0 Å². The highest BCUT2D eigenvalue weighted by Gasteiger charge is 2.07. The zero-order chi connectivity index (χ0) is 12.2. The zero-order valence-electron chi connectivity index (χ0n) is 9.44. The molecule has 0 heterocycles. The van der Waals surface area contributed by atoms with Crippen LogP contribution in [0.3, 0.4) is 0 Å². The Morgan fingerprint density at radius 1 is 1.31 bits per heavy atom. The van der Waals surface area contributed by atoms with Crippen molar-refractivity contribution in [1.29, 1.82) is 0 Å². The number of carbonyl (C=O) groups excluding carboxylic acids is 1. The number of carbonyl (C=O) groups is 1. The van der Waals surface area contributed by atoms with Crippen molar-refractivity contribution in [1.82, 2.24) is 0 Å². The first-order valence-electron chi connectivity index (χ1n) is 4.82. The molecular formula is C10H18O6. The number of ether oxygens (including phenoxy) is 4. The molecule has 0 aromatic carbocycles. The van der Waals surface area contributed by atoms with Gasteiger partial charge in [0.25, 0.3) is 0 Å². The van der Waals surface area contributed by atoms with Crippen LogP contribution in [0.2, 0.25) is 0 Å². The third-order valence-electron chi connectivity index (χ3n) is 1.47. The van der Waals surface area contributed by atoms with Gasteiger partial charge in [-0.05, 0) is 0 Å². The molecule has 0 bridgehead atoms. The van der Waals surface area contributed by atoms with Gasteiger partial charge in [0, 0.05) is 20.1 Å². The molecule has 0 aliphatic rings. The van der Waals surface area contributed by atoms with Crippen LogP contribution in [-0.2, 0) is 23.7 Å². The van der Waals surface area contributed by atoms with E-state index in [9.17, 15) is 4.79 Å². The molecule has 0 aliphatic carbocycles.